The first-order valence-corrected chi connectivity index (χ1v) is 6.04. The summed E-state index contributed by atoms with van der Waals surface area (Å²) < 4.78 is 4.74. The van der Waals surface area contributed by atoms with Crippen LogP contribution in [0.2, 0.25) is 0 Å². The lowest BCUT2D eigenvalue weighted by Gasteiger charge is -2.19. The summed E-state index contributed by atoms with van der Waals surface area (Å²) in [5, 5.41) is 2.92. The molecule has 1 aromatic rings. The van der Waals surface area contributed by atoms with E-state index in [-0.39, 0.29) is 11.5 Å². The summed E-state index contributed by atoms with van der Waals surface area (Å²) in [6.45, 7) is 3.98. The molecule has 104 valence electrons. The van der Waals surface area contributed by atoms with E-state index in [1.165, 1.54) is 13.3 Å². The summed E-state index contributed by atoms with van der Waals surface area (Å²) in [6, 6.07) is 2.61. The third-order valence-electron chi connectivity index (χ3n) is 2.58. The highest BCUT2D eigenvalue weighted by Crippen LogP contribution is 2.16. The maximum absolute atomic E-state index is 11.7. The van der Waals surface area contributed by atoms with E-state index >= 15 is 0 Å². The number of primary amides is 1. The highest BCUT2D eigenvalue weighted by Gasteiger charge is 2.22. The summed E-state index contributed by atoms with van der Waals surface area (Å²) in [4.78, 5) is 27.0. The standard InChI is InChI=1S/C13H19N3O3/c1-8(2)7-10(13(18)19-3)16-12-9(11(14)17)5-4-6-15-12/h4-6,8,10H,7H2,1-3H3,(H2,14,17)(H,15,16). The Hall–Kier alpha value is -2.11. The monoisotopic (exact) mass is 265 g/mol. The Balaban J connectivity index is 2.96. The van der Waals surface area contributed by atoms with Crippen molar-refractivity contribution in [1.29, 1.82) is 0 Å². The number of amides is 1. The van der Waals surface area contributed by atoms with Crippen LogP contribution < -0.4 is 11.1 Å². The quantitative estimate of drug-likeness (QED) is 0.753. The highest BCUT2D eigenvalue weighted by atomic mass is 16.5. The van der Waals surface area contributed by atoms with Crippen molar-refractivity contribution >= 4 is 17.7 Å². The number of carbonyl (C=O) groups is 2. The van der Waals surface area contributed by atoms with Gasteiger partial charge in [-0.1, -0.05) is 13.8 Å². The Morgan fingerprint density at radius 3 is 2.68 bits per heavy atom. The lowest BCUT2D eigenvalue weighted by molar-refractivity contribution is -0.141. The van der Waals surface area contributed by atoms with Crippen molar-refractivity contribution in [3.63, 3.8) is 0 Å². The molecule has 0 aliphatic heterocycles. The van der Waals surface area contributed by atoms with E-state index in [9.17, 15) is 9.59 Å². The maximum Gasteiger partial charge on any atom is 0.328 e. The molecule has 0 saturated carbocycles. The summed E-state index contributed by atoms with van der Waals surface area (Å²) in [5.41, 5.74) is 5.52. The molecule has 1 aromatic heterocycles. The molecule has 0 aliphatic carbocycles. The molecule has 0 aliphatic rings. The number of esters is 1. The molecule has 1 atom stereocenters. The number of pyridine rings is 1. The average Bonchev–Trinajstić information content (AvgIpc) is 2.36. The molecule has 1 rings (SSSR count). The topological polar surface area (TPSA) is 94.3 Å². The number of nitrogens with one attached hydrogen (secondary N) is 1. The van der Waals surface area contributed by atoms with Gasteiger partial charge in [-0.05, 0) is 24.5 Å². The lowest BCUT2D eigenvalue weighted by Crippen LogP contribution is -2.33. The number of nitrogens with zero attached hydrogens (tertiary/aromatic N) is 1. The van der Waals surface area contributed by atoms with Gasteiger partial charge in [0.1, 0.15) is 11.9 Å². The van der Waals surface area contributed by atoms with E-state index in [4.69, 9.17) is 10.5 Å². The van der Waals surface area contributed by atoms with Crippen LogP contribution in [0.3, 0.4) is 0 Å². The van der Waals surface area contributed by atoms with Crippen molar-refractivity contribution in [3.8, 4) is 0 Å². The molecule has 1 amide bonds. The minimum Gasteiger partial charge on any atom is -0.467 e. The zero-order valence-corrected chi connectivity index (χ0v) is 11.3. The van der Waals surface area contributed by atoms with Crippen LogP contribution in [0, 0.1) is 5.92 Å². The van der Waals surface area contributed by atoms with Gasteiger partial charge in [0.05, 0.1) is 12.7 Å². The van der Waals surface area contributed by atoms with Crippen LogP contribution in [-0.4, -0.2) is 30.0 Å². The van der Waals surface area contributed by atoms with Gasteiger partial charge in [0.15, 0.2) is 0 Å². The van der Waals surface area contributed by atoms with Crippen LogP contribution >= 0.6 is 0 Å². The molecular weight excluding hydrogens is 246 g/mol. The third kappa shape index (κ3) is 4.24. The van der Waals surface area contributed by atoms with Crippen molar-refractivity contribution in [2.45, 2.75) is 26.3 Å². The molecule has 0 fully saturated rings. The lowest BCUT2D eigenvalue weighted by atomic mass is 10.0. The van der Waals surface area contributed by atoms with Crippen LogP contribution in [0.4, 0.5) is 5.82 Å². The number of hydrogen-bond acceptors (Lipinski definition) is 5. The summed E-state index contributed by atoms with van der Waals surface area (Å²) in [7, 11) is 1.32. The molecule has 0 aromatic carbocycles. The normalized spacial score (nSPS) is 12.0. The van der Waals surface area contributed by atoms with E-state index in [0.717, 1.165) is 0 Å². The van der Waals surface area contributed by atoms with Crippen molar-refractivity contribution in [3.05, 3.63) is 23.9 Å². The van der Waals surface area contributed by atoms with Gasteiger partial charge in [0.25, 0.3) is 5.91 Å². The smallest absolute Gasteiger partial charge is 0.328 e. The highest BCUT2D eigenvalue weighted by molar-refractivity contribution is 5.98. The molecule has 0 bridgehead atoms. The fourth-order valence-corrected chi connectivity index (χ4v) is 1.71. The molecule has 0 saturated heterocycles. The van der Waals surface area contributed by atoms with Crippen LogP contribution in [0.25, 0.3) is 0 Å². The Morgan fingerprint density at radius 1 is 1.47 bits per heavy atom. The Bertz CT molecular complexity index is 460. The van der Waals surface area contributed by atoms with Crippen molar-refractivity contribution < 1.29 is 14.3 Å². The van der Waals surface area contributed by atoms with E-state index in [0.29, 0.717) is 12.2 Å². The van der Waals surface area contributed by atoms with Gasteiger partial charge in [-0.15, -0.1) is 0 Å². The second-order valence-corrected chi connectivity index (χ2v) is 4.61. The van der Waals surface area contributed by atoms with E-state index in [2.05, 4.69) is 10.3 Å². The number of methoxy groups -OCH3 is 1. The number of aromatic nitrogens is 1. The number of carbonyl (C=O) groups excluding carboxylic acids is 2. The molecule has 0 spiro atoms. The second-order valence-electron chi connectivity index (χ2n) is 4.61. The molecular formula is C13H19N3O3. The Morgan fingerprint density at radius 2 is 2.16 bits per heavy atom. The van der Waals surface area contributed by atoms with Gasteiger partial charge >= 0.3 is 5.97 Å². The molecule has 6 heteroatoms. The first kappa shape index (κ1) is 14.9. The molecule has 1 unspecified atom stereocenters. The van der Waals surface area contributed by atoms with Gasteiger partial charge in [-0.25, -0.2) is 9.78 Å². The number of ether oxygens (including phenoxy) is 1. The predicted octanol–water partition coefficient (Wildman–Crippen LogP) is 1.18. The SMILES string of the molecule is COC(=O)C(CC(C)C)Nc1ncccc1C(N)=O. The molecule has 6 nitrogen and oxygen atoms in total. The van der Waals surface area contributed by atoms with Crippen LogP contribution in [0.1, 0.15) is 30.6 Å². The average molecular weight is 265 g/mol. The first-order valence-electron chi connectivity index (χ1n) is 6.04. The number of hydrogen-bond donors (Lipinski definition) is 2. The Labute approximate surface area is 112 Å². The number of anilines is 1. The van der Waals surface area contributed by atoms with Gasteiger partial charge in [0, 0.05) is 6.20 Å². The van der Waals surface area contributed by atoms with Crippen molar-refractivity contribution in [1.82, 2.24) is 4.98 Å². The predicted molar refractivity (Wildman–Crippen MR) is 71.6 cm³/mol. The fraction of sp³-hybridized carbons (Fsp3) is 0.462. The molecule has 19 heavy (non-hydrogen) atoms. The minimum absolute atomic E-state index is 0.250. The van der Waals surface area contributed by atoms with Crippen LogP contribution in [0.15, 0.2) is 18.3 Å². The van der Waals surface area contributed by atoms with Crippen molar-refractivity contribution in [2.24, 2.45) is 11.7 Å². The van der Waals surface area contributed by atoms with Crippen LogP contribution in [0.5, 0.6) is 0 Å². The number of rotatable bonds is 6. The zero-order valence-electron chi connectivity index (χ0n) is 11.3. The number of nitrogens with two attached hydrogens (primary N) is 1. The zero-order chi connectivity index (χ0) is 14.4. The molecule has 3 N–H and O–H groups in total. The summed E-state index contributed by atoms with van der Waals surface area (Å²) >= 11 is 0. The second kappa shape index (κ2) is 6.72. The van der Waals surface area contributed by atoms with Gasteiger partial charge < -0.3 is 15.8 Å². The molecule has 0 radical (unpaired) electrons. The fourth-order valence-electron chi connectivity index (χ4n) is 1.71. The van der Waals surface area contributed by atoms with Gasteiger partial charge in [-0.3, -0.25) is 4.79 Å². The summed E-state index contributed by atoms with van der Waals surface area (Å²) in [5.74, 6) is -0.401. The first-order chi connectivity index (χ1) is 8.95. The maximum atomic E-state index is 11.7. The van der Waals surface area contributed by atoms with Gasteiger partial charge in [-0.2, -0.15) is 0 Å². The Kier molecular flexibility index (Phi) is 5.29. The summed E-state index contributed by atoms with van der Waals surface area (Å²) in [6.07, 6.45) is 2.10. The van der Waals surface area contributed by atoms with Crippen LogP contribution in [-0.2, 0) is 9.53 Å². The molecule has 1 heterocycles. The third-order valence-corrected chi connectivity index (χ3v) is 2.58. The van der Waals surface area contributed by atoms with E-state index < -0.39 is 17.9 Å². The van der Waals surface area contributed by atoms with Crippen molar-refractivity contribution in [2.75, 3.05) is 12.4 Å². The van der Waals surface area contributed by atoms with E-state index in [1.807, 2.05) is 13.8 Å². The largest absolute Gasteiger partial charge is 0.467 e. The minimum atomic E-state index is -0.594. The van der Waals surface area contributed by atoms with E-state index in [1.54, 1.807) is 12.1 Å². The van der Waals surface area contributed by atoms with Gasteiger partial charge in [0.2, 0.25) is 0 Å².